The maximum atomic E-state index is 12.3. The third-order valence-corrected chi connectivity index (χ3v) is 5.12. The molecule has 2 aliphatic heterocycles. The Kier molecular flexibility index (Phi) is 7.88. The van der Waals surface area contributed by atoms with Gasteiger partial charge in [-0.1, -0.05) is 19.8 Å². The average Bonchev–Trinajstić information content (AvgIpc) is 3.03. The number of nitrogens with zero attached hydrogens (tertiary/aromatic N) is 3. The lowest BCUT2D eigenvalue weighted by molar-refractivity contribution is -0.125. The van der Waals surface area contributed by atoms with Gasteiger partial charge in [-0.05, 0) is 31.2 Å². The Morgan fingerprint density at radius 3 is 2.58 bits per heavy atom. The monoisotopic (exact) mass is 364 g/mol. The molecule has 0 bridgehead atoms. The van der Waals surface area contributed by atoms with Gasteiger partial charge in [-0.3, -0.25) is 19.4 Å². The van der Waals surface area contributed by atoms with Gasteiger partial charge in [-0.2, -0.15) is 0 Å². The first-order chi connectivity index (χ1) is 12.4. The van der Waals surface area contributed by atoms with Crippen molar-refractivity contribution in [3.05, 3.63) is 0 Å². The molecule has 0 aromatic carbocycles. The van der Waals surface area contributed by atoms with E-state index in [1.165, 1.54) is 0 Å². The first-order valence-electron chi connectivity index (χ1n) is 9.46. The van der Waals surface area contributed by atoms with Crippen molar-refractivity contribution in [3.8, 4) is 11.8 Å². The van der Waals surface area contributed by atoms with Crippen LogP contribution in [0.1, 0.15) is 20.3 Å². The largest absolute Gasteiger partial charge is 0.379 e. The number of carbonyl (C=O) groups excluding carboxylic acids is 2. The summed E-state index contributed by atoms with van der Waals surface area (Å²) in [6.07, 6.45) is 0.935. The normalized spacial score (nSPS) is 22.3. The van der Waals surface area contributed by atoms with E-state index in [4.69, 9.17) is 10.5 Å². The summed E-state index contributed by atoms with van der Waals surface area (Å²) in [5.41, 5.74) is 5.53. The molecule has 0 aromatic heterocycles. The number of carbonyl (C=O) groups is 2. The summed E-state index contributed by atoms with van der Waals surface area (Å²) in [6.45, 7) is 10.0. The third-order valence-electron chi connectivity index (χ3n) is 5.12. The molecule has 2 rings (SSSR count). The van der Waals surface area contributed by atoms with Crippen molar-refractivity contribution in [1.82, 2.24) is 14.7 Å². The van der Waals surface area contributed by atoms with Crippen LogP contribution >= 0.6 is 0 Å². The highest BCUT2D eigenvalue weighted by Crippen LogP contribution is 2.19. The summed E-state index contributed by atoms with van der Waals surface area (Å²) >= 11 is 0. The number of ether oxygens (including phenoxy) is 1. The van der Waals surface area contributed by atoms with Gasteiger partial charge in [0.1, 0.15) is 0 Å². The molecule has 0 aliphatic carbocycles. The Balaban J connectivity index is 1.78. The first-order valence-corrected chi connectivity index (χ1v) is 9.46. The number of primary amides is 1. The fraction of sp³-hybridized carbons (Fsp3) is 0.789. The molecule has 2 atom stereocenters. The molecule has 2 amide bonds. The van der Waals surface area contributed by atoms with Crippen LogP contribution < -0.4 is 5.73 Å². The lowest BCUT2D eigenvalue weighted by Gasteiger charge is -2.30. The van der Waals surface area contributed by atoms with Gasteiger partial charge in [-0.15, -0.1) is 0 Å². The van der Waals surface area contributed by atoms with Crippen LogP contribution in [0.4, 0.5) is 0 Å². The number of nitrogens with two attached hydrogens (primary N) is 1. The smallest absolute Gasteiger partial charge is 0.298 e. The van der Waals surface area contributed by atoms with Crippen molar-refractivity contribution in [1.29, 1.82) is 0 Å². The Morgan fingerprint density at radius 1 is 1.27 bits per heavy atom. The minimum absolute atomic E-state index is 0.0984. The topological polar surface area (TPSA) is 79.1 Å². The lowest BCUT2D eigenvalue weighted by atomic mass is 10.00. The van der Waals surface area contributed by atoms with Crippen molar-refractivity contribution in [2.45, 2.75) is 26.3 Å². The highest BCUT2D eigenvalue weighted by molar-refractivity contribution is 5.93. The number of amides is 2. The van der Waals surface area contributed by atoms with E-state index in [-0.39, 0.29) is 23.8 Å². The van der Waals surface area contributed by atoms with Crippen LogP contribution in [0.3, 0.4) is 0 Å². The third kappa shape index (κ3) is 5.97. The van der Waals surface area contributed by atoms with Crippen molar-refractivity contribution < 1.29 is 14.3 Å². The highest BCUT2D eigenvalue weighted by Gasteiger charge is 2.30. The van der Waals surface area contributed by atoms with Gasteiger partial charge >= 0.3 is 0 Å². The summed E-state index contributed by atoms with van der Waals surface area (Å²) < 4.78 is 5.30. The number of hydrogen-bond donors (Lipinski definition) is 1. The Hall–Kier alpha value is -1.62. The van der Waals surface area contributed by atoms with E-state index in [9.17, 15) is 9.59 Å². The van der Waals surface area contributed by atoms with Crippen LogP contribution in [0.2, 0.25) is 0 Å². The Bertz CT molecular complexity index is 549. The molecular formula is C19H32N4O3. The molecule has 2 fully saturated rings. The van der Waals surface area contributed by atoms with Gasteiger partial charge in [0, 0.05) is 32.7 Å². The molecule has 0 spiro atoms. The molecule has 2 heterocycles. The standard InChI is InChI=1S/C19H32N4O3/c1-15(2)18(19(20)25)21(3)13-16-6-8-23(14-16)17(24)5-4-7-22-9-11-26-12-10-22/h15-16,18H,6-14H2,1-3H3,(H2,20,25)/t16-,18+/m1/s1. The fourth-order valence-electron chi connectivity index (χ4n) is 3.81. The fourth-order valence-corrected chi connectivity index (χ4v) is 3.81. The summed E-state index contributed by atoms with van der Waals surface area (Å²) in [4.78, 5) is 30.0. The molecule has 0 radical (unpaired) electrons. The van der Waals surface area contributed by atoms with E-state index in [2.05, 4.69) is 16.7 Å². The van der Waals surface area contributed by atoms with Crippen molar-refractivity contribution in [2.24, 2.45) is 17.6 Å². The zero-order chi connectivity index (χ0) is 19.1. The predicted octanol–water partition coefficient (Wildman–Crippen LogP) is -0.388. The molecule has 7 heteroatoms. The second-order valence-corrected chi connectivity index (χ2v) is 7.63. The van der Waals surface area contributed by atoms with Crippen molar-refractivity contribution >= 4 is 11.8 Å². The molecule has 2 N–H and O–H groups in total. The molecule has 0 unspecified atom stereocenters. The molecule has 7 nitrogen and oxygen atoms in total. The first kappa shape index (κ1) is 20.7. The van der Waals surface area contributed by atoms with Gasteiger partial charge in [0.05, 0.1) is 25.8 Å². The molecule has 2 aliphatic rings. The Labute approximate surface area is 156 Å². The molecule has 0 saturated carbocycles. The average molecular weight is 364 g/mol. The molecular weight excluding hydrogens is 332 g/mol. The van der Waals surface area contributed by atoms with E-state index in [0.717, 1.165) is 45.8 Å². The van der Waals surface area contributed by atoms with Crippen molar-refractivity contribution in [3.63, 3.8) is 0 Å². The van der Waals surface area contributed by atoms with Crippen molar-refractivity contribution in [2.75, 3.05) is 59.5 Å². The number of rotatable bonds is 6. The van der Waals surface area contributed by atoms with Gasteiger partial charge < -0.3 is 15.4 Å². The zero-order valence-electron chi connectivity index (χ0n) is 16.2. The maximum Gasteiger partial charge on any atom is 0.298 e. The van der Waals surface area contributed by atoms with E-state index < -0.39 is 0 Å². The number of hydrogen-bond acceptors (Lipinski definition) is 5. The minimum atomic E-state index is -0.289. The summed E-state index contributed by atoms with van der Waals surface area (Å²) in [5.74, 6) is 5.90. The van der Waals surface area contributed by atoms with E-state index in [0.29, 0.717) is 19.0 Å². The highest BCUT2D eigenvalue weighted by atomic mass is 16.5. The van der Waals surface area contributed by atoms with Crippen LogP contribution in [-0.4, -0.2) is 92.1 Å². The SMILES string of the molecule is CC(C)[C@@H](C(N)=O)N(C)C[C@H]1CCN(C(=O)C#CCN2CCOCC2)C1. The molecule has 0 aromatic rings. The minimum Gasteiger partial charge on any atom is -0.379 e. The van der Waals surface area contributed by atoms with E-state index in [1.807, 2.05) is 30.7 Å². The van der Waals surface area contributed by atoms with Gasteiger partial charge in [-0.25, -0.2) is 0 Å². The van der Waals surface area contributed by atoms with Gasteiger partial charge in [0.25, 0.3) is 5.91 Å². The molecule has 26 heavy (non-hydrogen) atoms. The predicted molar refractivity (Wildman–Crippen MR) is 100 cm³/mol. The Morgan fingerprint density at radius 2 is 1.96 bits per heavy atom. The van der Waals surface area contributed by atoms with Crippen LogP contribution in [0.15, 0.2) is 0 Å². The summed E-state index contributed by atoms with van der Waals surface area (Å²) in [5, 5.41) is 0. The lowest BCUT2D eigenvalue weighted by Crippen LogP contribution is -2.48. The second-order valence-electron chi connectivity index (χ2n) is 7.63. The van der Waals surface area contributed by atoms with Crippen LogP contribution in [0.25, 0.3) is 0 Å². The maximum absolute atomic E-state index is 12.3. The van der Waals surface area contributed by atoms with Crippen LogP contribution in [0.5, 0.6) is 0 Å². The summed E-state index contributed by atoms with van der Waals surface area (Å²) in [7, 11) is 1.93. The zero-order valence-corrected chi connectivity index (χ0v) is 16.2. The molecule has 2 saturated heterocycles. The number of likely N-dealkylation sites (N-methyl/N-ethyl adjacent to an activating group) is 1. The number of likely N-dealkylation sites (tertiary alicyclic amines) is 1. The number of morpholine rings is 1. The van der Waals surface area contributed by atoms with Crippen LogP contribution in [-0.2, 0) is 14.3 Å². The van der Waals surface area contributed by atoms with E-state index >= 15 is 0 Å². The summed E-state index contributed by atoms with van der Waals surface area (Å²) in [6, 6.07) is -0.270. The van der Waals surface area contributed by atoms with Crippen LogP contribution in [0, 0.1) is 23.7 Å². The van der Waals surface area contributed by atoms with E-state index in [1.54, 1.807) is 0 Å². The second kappa shape index (κ2) is 9.91. The molecule has 146 valence electrons. The van der Waals surface area contributed by atoms with Gasteiger partial charge in [0.2, 0.25) is 5.91 Å². The van der Waals surface area contributed by atoms with Gasteiger partial charge in [0.15, 0.2) is 0 Å². The quantitative estimate of drug-likeness (QED) is 0.650.